The van der Waals surface area contributed by atoms with E-state index in [4.69, 9.17) is 5.11 Å². The molecule has 3 N–H and O–H groups in total. The van der Waals surface area contributed by atoms with Gasteiger partial charge in [0.15, 0.2) is 0 Å². The number of rotatable bonds is 6. The van der Waals surface area contributed by atoms with Crippen LogP contribution in [0.25, 0.3) is 0 Å². The Morgan fingerprint density at radius 3 is 2.55 bits per heavy atom. The minimum Gasteiger partial charge on any atom is -0.480 e. The maximum absolute atomic E-state index is 11.9. The van der Waals surface area contributed by atoms with Gasteiger partial charge in [-0.2, -0.15) is 0 Å². The van der Waals surface area contributed by atoms with E-state index < -0.39 is 12.0 Å². The van der Waals surface area contributed by atoms with E-state index in [2.05, 4.69) is 10.6 Å². The van der Waals surface area contributed by atoms with E-state index in [0.29, 0.717) is 12.5 Å². The molecule has 5 heteroatoms. The summed E-state index contributed by atoms with van der Waals surface area (Å²) in [6.45, 7) is 4.45. The van der Waals surface area contributed by atoms with Crippen molar-refractivity contribution in [1.82, 2.24) is 10.6 Å². The molecule has 0 saturated heterocycles. The molecule has 0 radical (unpaired) electrons. The van der Waals surface area contributed by atoms with E-state index in [1.165, 1.54) is 25.7 Å². The molecule has 5 atom stereocenters. The molecule has 5 nitrogen and oxygen atoms in total. The quantitative estimate of drug-likeness (QED) is 0.699. The lowest BCUT2D eigenvalue weighted by atomic mass is 9.89. The summed E-state index contributed by atoms with van der Waals surface area (Å²) in [5.41, 5.74) is 0. The van der Waals surface area contributed by atoms with Crippen molar-refractivity contribution in [2.75, 3.05) is 6.54 Å². The van der Waals surface area contributed by atoms with Crippen molar-refractivity contribution >= 4 is 12.0 Å². The number of nitrogens with one attached hydrogen (secondary N) is 2. The number of carboxylic acid groups (broad SMARTS) is 1. The van der Waals surface area contributed by atoms with Crippen molar-refractivity contribution in [2.45, 2.75) is 52.0 Å². The molecule has 2 fully saturated rings. The Hall–Kier alpha value is -1.26. The summed E-state index contributed by atoms with van der Waals surface area (Å²) in [4.78, 5) is 23.0. The molecule has 4 unspecified atom stereocenters. The highest BCUT2D eigenvalue weighted by molar-refractivity contribution is 5.82. The lowest BCUT2D eigenvalue weighted by Crippen LogP contribution is -2.50. The summed E-state index contributed by atoms with van der Waals surface area (Å²) >= 11 is 0. The minimum absolute atomic E-state index is 0.0688. The maximum atomic E-state index is 11.9. The van der Waals surface area contributed by atoms with Crippen LogP contribution < -0.4 is 10.6 Å². The Balaban J connectivity index is 1.75. The van der Waals surface area contributed by atoms with Crippen LogP contribution in [0.3, 0.4) is 0 Å². The van der Waals surface area contributed by atoms with Gasteiger partial charge in [-0.25, -0.2) is 9.59 Å². The molecular weight excluding hydrogens is 256 g/mol. The Morgan fingerprint density at radius 2 is 2.05 bits per heavy atom. The second-order valence-corrected chi connectivity index (χ2v) is 6.49. The third-order valence-corrected chi connectivity index (χ3v) is 5.17. The Morgan fingerprint density at radius 1 is 1.30 bits per heavy atom. The zero-order chi connectivity index (χ0) is 14.7. The van der Waals surface area contributed by atoms with Gasteiger partial charge in [-0.15, -0.1) is 0 Å². The van der Waals surface area contributed by atoms with Crippen LogP contribution in [0.2, 0.25) is 0 Å². The molecule has 2 bridgehead atoms. The van der Waals surface area contributed by atoms with Gasteiger partial charge in [0.1, 0.15) is 6.04 Å². The summed E-state index contributed by atoms with van der Waals surface area (Å²) in [5, 5.41) is 14.6. The topological polar surface area (TPSA) is 78.4 Å². The van der Waals surface area contributed by atoms with Crippen LogP contribution in [0.4, 0.5) is 4.79 Å². The van der Waals surface area contributed by atoms with E-state index in [1.54, 1.807) is 0 Å². The third kappa shape index (κ3) is 3.44. The van der Waals surface area contributed by atoms with Gasteiger partial charge in [0.2, 0.25) is 0 Å². The molecule has 0 aromatic rings. The van der Waals surface area contributed by atoms with Gasteiger partial charge in [-0.05, 0) is 42.9 Å². The first-order valence-electron chi connectivity index (χ1n) is 7.78. The van der Waals surface area contributed by atoms with E-state index in [9.17, 15) is 9.59 Å². The molecule has 0 spiro atoms. The number of hydrogen-bond acceptors (Lipinski definition) is 2. The van der Waals surface area contributed by atoms with Crippen LogP contribution in [-0.4, -0.2) is 29.7 Å². The molecule has 2 rings (SSSR count). The molecule has 0 aliphatic heterocycles. The number of carboxylic acids is 1. The van der Waals surface area contributed by atoms with Crippen molar-refractivity contribution in [2.24, 2.45) is 23.7 Å². The highest BCUT2D eigenvalue weighted by Crippen LogP contribution is 2.47. The van der Waals surface area contributed by atoms with Crippen LogP contribution in [-0.2, 0) is 4.79 Å². The van der Waals surface area contributed by atoms with Crippen molar-refractivity contribution in [3.8, 4) is 0 Å². The predicted octanol–water partition coefficient (Wildman–Crippen LogP) is 2.22. The molecule has 20 heavy (non-hydrogen) atoms. The fourth-order valence-corrected chi connectivity index (χ4v) is 3.73. The summed E-state index contributed by atoms with van der Waals surface area (Å²) in [7, 11) is 0. The van der Waals surface area contributed by atoms with Crippen molar-refractivity contribution < 1.29 is 14.7 Å². The normalized spacial score (nSPS) is 30.8. The minimum atomic E-state index is -0.963. The number of hydrogen-bond donors (Lipinski definition) is 3. The van der Waals surface area contributed by atoms with Crippen molar-refractivity contribution in [3.63, 3.8) is 0 Å². The second-order valence-electron chi connectivity index (χ2n) is 6.49. The average Bonchev–Trinajstić information content (AvgIpc) is 3.03. The number of amides is 2. The molecule has 114 valence electrons. The first-order chi connectivity index (χ1) is 9.51. The fourth-order valence-electron chi connectivity index (χ4n) is 3.73. The first kappa shape index (κ1) is 15.1. The van der Waals surface area contributed by atoms with Gasteiger partial charge in [-0.3, -0.25) is 0 Å². The van der Waals surface area contributed by atoms with Gasteiger partial charge in [0.05, 0.1) is 0 Å². The molecule has 2 amide bonds. The van der Waals surface area contributed by atoms with E-state index in [0.717, 1.165) is 18.3 Å². The van der Waals surface area contributed by atoms with Crippen LogP contribution in [0.15, 0.2) is 0 Å². The second kappa shape index (κ2) is 6.46. The lowest BCUT2D eigenvalue weighted by molar-refractivity contribution is -0.140. The first-order valence-corrected chi connectivity index (χ1v) is 7.78. The average molecular weight is 282 g/mol. The Bertz CT molecular complexity index is 372. The summed E-state index contributed by atoms with van der Waals surface area (Å²) in [6.07, 6.45) is 5.91. The van der Waals surface area contributed by atoms with Crippen LogP contribution in [0.1, 0.15) is 46.0 Å². The molecule has 2 aliphatic carbocycles. The zero-order valence-corrected chi connectivity index (χ0v) is 12.4. The number of fused-ring (bicyclic) bond motifs is 2. The summed E-state index contributed by atoms with van der Waals surface area (Å²) in [6, 6.07) is -1.15. The molecule has 0 aromatic heterocycles. The largest absolute Gasteiger partial charge is 0.480 e. The number of carbonyl (C=O) groups excluding carboxylic acids is 1. The number of aliphatic carboxylic acids is 1. The van der Waals surface area contributed by atoms with E-state index in [-0.39, 0.29) is 11.9 Å². The van der Waals surface area contributed by atoms with Gasteiger partial charge in [-0.1, -0.05) is 26.7 Å². The fraction of sp³-hybridized carbons (Fsp3) is 0.867. The number of carbonyl (C=O) groups is 2. The zero-order valence-electron chi connectivity index (χ0n) is 12.4. The molecule has 2 saturated carbocycles. The van der Waals surface area contributed by atoms with E-state index >= 15 is 0 Å². The highest BCUT2D eigenvalue weighted by Gasteiger charge is 2.39. The van der Waals surface area contributed by atoms with Gasteiger partial charge >= 0.3 is 12.0 Å². The summed E-state index contributed by atoms with van der Waals surface area (Å²) in [5.74, 6) is 1.19. The molecule has 0 aromatic carbocycles. The third-order valence-electron chi connectivity index (χ3n) is 5.17. The SMILES string of the molecule is CCC(C)[C@H](NC(=O)NCC1CC2CCC1C2)C(=O)O. The van der Waals surface area contributed by atoms with E-state index in [1.807, 2.05) is 13.8 Å². The molecule has 2 aliphatic rings. The molecule has 0 heterocycles. The van der Waals surface area contributed by atoms with Crippen LogP contribution in [0, 0.1) is 23.7 Å². The summed E-state index contributed by atoms with van der Waals surface area (Å²) < 4.78 is 0. The highest BCUT2D eigenvalue weighted by atomic mass is 16.4. The standard InChI is InChI=1S/C15H26N2O3/c1-3-9(2)13(14(18)19)17-15(20)16-8-12-7-10-4-5-11(12)6-10/h9-13H,3-8H2,1-2H3,(H,18,19)(H2,16,17,20)/t9?,10?,11?,12?,13-/m0/s1. The van der Waals surface area contributed by atoms with Crippen LogP contribution >= 0.6 is 0 Å². The predicted molar refractivity (Wildman–Crippen MR) is 76.4 cm³/mol. The van der Waals surface area contributed by atoms with Crippen molar-refractivity contribution in [1.29, 1.82) is 0 Å². The van der Waals surface area contributed by atoms with Gasteiger partial charge in [0, 0.05) is 6.54 Å². The van der Waals surface area contributed by atoms with Crippen LogP contribution in [0.5, 0.6) is 0 Å². The van der Waals surface area contributed by atoms with Gasteiger partial charge < -0.3 is 15.7 Å². The number of urea groups is 1. The Kier molecular flexibility index (Phi) is 4.89. The monoisotopic (exact) mass is 282 g/mol. The van der Waals surface area contributed by atoms with Crippen molar-refractivity contribution in [3.05, 3.63) is 0 Å². The maximum Gasteiger partial charge on any atom is 0.326 e. The lowest BCUT2D eigenvalue weighted by Gasteiger charge is -2.24. The molecular formula is C15H26N2O3. The smallest absolute Gasteiger partial charge is 0.326 e. The van der Waals surface area contributed by atoms with Gasteiger partial charge in [0.25, 0.3) is 0 Å². The Labute approximate surface area is 120 Å².